The van der Waals surface area contributed by atoms with Gasteiger partial charge in [0, 0.05) is 17.2 Å². The van der Waals surface area contributed by atoms with Crippen LogP contribution in [-0.2, 0) is 0 Å². The summed E-state index contributed by atoms with van der Waals surface area (Å²) in [7, 11) is 0. The number of nitro groups is 1. The van der Waals surface area contributed by atoms with E-state index in [-0.39, 0.29) is 11.3 Å². The van der Waals surface area contributed by atoms with Gasteiger partial charge in [-0.2, -0.15) is 5.10 Å². The second-order valence-electron chi connectivity index (χ2n) is 6.64. The number of rotatable bonds is 4. The Morgan fingerprint density at radius 1 is 0.966 bits per heavy atom. The lowest BCUT2D eigenvalue weighted by atomic mass is 9.97. The van der Waals surface area contributed by atoms with Crippen molar-refractivity contribution in [3.05, 3.63) is 99.6 Å². The molecule has 6 heteroatoms. The molecule has 0 bridgehead atoms. The van der Waals surface area contributed by atoms with Crippen LogP contribution in [0.4, 0.5) is 5.69 Å². The Bertz CT molecular complexity index is 1240. The fourth-order valence-electron chi connectivity index (χ4n) is 3.47. The quantitative estimate of drug-likeness (QED) is 0.234. The van der Waals surface area contributed by atoms with Gasteiger partial charge in [0.25, 0.3) is 11.6 Å². The lowest BCUT2D eigenvalue weighted by Gasteiger charge is -2.08. The van der Waals surface area contributed by atoms with E-state index in [1.807, 2.05) is 48.5 Å². The summed E-state index contributed by atoms with van der Waals surface area (Å²) in [5, 5.41) is 19.4. The molecule has 0 saturated carbocycles. The molecular formula is C23H17N3O3. The molecule has 4 rings (SSSR count). The first-order valence-electron chi connectivity index (χ1n) is 9.04. The van der Waals surface area contributed by atoms with Crippen LogP contribution in [0.1, 0.15) is 21.5 Å². The van der Waals surface area contributed by atoms with E-state index in [2.05, 4.69) is 16.6 Å². The van der Waals surface area contributed by atoms with E-state index in [4.69, 9.17) is 0 Å². The Morgan fingerprint density at radius 2 is 1.59 bits per heavy atom. The molecule has 0 aliphatic carbocycles. The van der Waals surface area contributed by atoms with Crippen LogP contribution in [0, 0.1) is 17.0 Å². The molecule has 0 aliphatic heterocycles. The highest BCUT2D eigenvalue weighted by molar-refractivity contribution is 6.13. The summed E-state index contributed by atoms with van der Waals surface area (Å²) in [6.07, 6.45) is 1.62. The predicted octanol–water partition coefficient (Wildman–Crippen LogP) is 4.97. The minimum atomic E-state index is -0.502. The first-order chi connectivity index (χ1) is 14.1. The van der Waals surface area contributed by atoms with Crippen LogP contribution in [-0.4, -0.2) is 17.0 Å². The number of benzene rings is 4. The zero-order valence-corrected chi connectivity index (χ0v) is 15.6. The normalized spacial score (nSPS) is 11.2. The van der Waals surface area contributed by atoms with Gasteiger partial charge in [-0.3, -0.25) is 14.9 Å². The fourth-order valence-corrected chi connectivity index (χ4v) is 3.47. The molecule has 0 heterocycles. The Kier molecular flexibility index (Phi) is 4.75. The number of hydrazone groups is 1. The van der Waals surface area contributed by atoms with Crippen molar-refractivity contribution in [1.29, 1.82) is 0 Å². The van der Waals surface area contributed by atoms with Crippen LogP contribution >= 0.6 is 0 Å². The molecule has 0 aromatic heterocycles. The summed E-state index contributed by atoms with van der Waals surface area (Å²) in [5.41, 5.74) is 3.82. The summed E-state index contributed by atoms with van der Waals surface area (Å²) in [6, 6.07) is 22.5. The molecule has 4 aromatic carbocycles. The van der Waals surface area contributed by atoms with Gasteiger partial charge >= 0.3 is 0 Å². The van der Waals surface area contributed by atoms with Gasteiger partial charge in [-0.15, -0.1) is 0 Å². The van der Waals surface area contributed by atoms with Crippen molar-refractivity contribution < 1.29 is 9.72 Å². The molecular weight excluding hydrogens is 366 g/mol. The summed E-state index contributed by atoms with van der Waals surface area (Å²) < 4.78 is 0. The molecule has 0 aliphatic rings. The maximum Gasteiger partial charge on any atom is 0.273 e. The van der Waals surface area contributed by atoms with Crippen molar-refractivity contribution in [2.45, 2.75) is 6.92 Å². The summed E-state index contributed by atoms with van der Waals surface area (Å²) >= 11 is 0. The van der Waals surface area contributed by atoms with E-state index in [0.717, 1.165) is 27.1 Å². The highest BCUT2D eigenvalue weighted by Crippen LogP contribution is 2.27. The maximum absolute atomic E-state index is 12.5. The SMILES string of the molecule is Cc1c(C(=O)N/N=C\c2c3ccccc3cc3ccccc23)cccc1[N+](=O)[O-]. The molecule has 6 nitrogen and oxygen atoms in total. The van der Waals surface area contributed by atoms with Crippen molar-refractivity contribution in [1.82, 2.24) is 5.43 Å². The molecule has 29 heavy (non-hydrogen) atoms. The molecule has 1 amide bonds. The minimum absolute atomic E-state index is 0.0957. The third-order valence-electron chi connectivity index (χ3n) is 4.92. The lowest BCUT2D eigenvalue weighted by molar-refractivity contribution is -0.385. The Labute approximate surface area is 166 Å². The number of hydrogen-bond donors (Lipinski definition) is 1. The fraction of sp³-hybridized carbons (Fsp3) is 0.0435. The topological polar surface area (TPSA) is 84.6 Å². The largest absolute Gasteiger partial charge is 0.273 e. The second kappa shape index (κ2) is 7.52. The monoisotopic (exact) mass is 383 g/mol. The van der Waals surface area contributed by atoms with Crippen LogP contribution in [0.25, 0.3) is 21.5 Å². The second-order valence-corrected chi connectivity index (χ2v) is 6.64. The highest BCUT2D eigenvalue weighted by atomic mass is 16.6. The Morgan fingerprint density at radius 3 is 2.21 bits per heavy atom. The third-order valence-corrected chi connectivity index (χ3v) is 4.92. The molecule has 0 unspecified atom stereocenters. The number of hydrogen-bond acceptors (Lipinski definition) is 4. The van der Waals surface area contributed by atoms with Crippen LogP contribution in [0.2, 0.25) is 0 Å². The van der Waals surface area contributed by atoms with Crippen molar-refractivity contribution in [2.75, 3.05) is 0 Å². The highest BCUT2D eigenvalue weighted by Gasteiger charge is 2.17. The molecule has 4 aromatic rings. The van der Waals surface area contributed by atoms with Crippen molar-refractivity contribution >= 4 is 39.4 Å². The Hall–Kier alpha value is -4.06. The number of nitrogens with one attached hydrogen (secondary N) is 1. The van der Waals surface area contributed by atoms with Crippen molar-refractivity contribution in [3.8, 4) is 0 Å². The Balaban J connectivity index is 1.70. The summed E-state index contributed by atoms with van der Waals surface area (Å²) in [5.74, 6) is -0.494. The molecule has 1 N–H and O–H groups in total. The van der Waals surface area contributed by atoms with Crippen LogP contribution in [0.3, 0.4) is 0 Å². The minimum Gasteiger partial charge on any atom is -0.267 e. The molecule has 0 fully saturated rings. The van der Waals surface area contributed by atoms with E-state index >= 15 is 0 Å². The molecule has 0 radical (unpaired) electrons. The van der Waals surface area contributed by atoms with Gasteiger partial charge < -0.3 is 0 Å². The molecule has 142 valence electrons. The van der Waals surface area contributed by atoms with E-state index < -0.39 is 10.8 Å². The van der Waals surface area contributed by atoms with Gasteiger partial charge in [0.05, 0.1) is 16.7 Å². The van der Waals surface area contributed by atoms with E-state index in [0.29, 0.717) is 5.56 Å². The van der Waals surface area contributed by atoms with E-state index in [1.54, 1.807) is 19.2 Å². The van der Waals surface area contributed by atoms with Crippen LogP contribution in [0.15, 0.2) is 77.9 Å². The first kappa shape index (κ1) is 18.3. The number of fused-ring (bicyclic) bond motifs is 2. The predicted molar refractivity (Wildman–Crippen MR) is 114 cm³/mol. The van der Waals surface area contributed by atoms with Crippen LogP contribution in [0.5, 0.6) is 0 Å². The number of carbonyl (C=O) groups is 1. The number of nitrogens with zero attached hydrogens (tertiary/aromatic N) is 2. The van der Waals surface area contributed by atoms with Gasteiger partial charge in [-0.1, -0.05) is 54.6 Å². The van der Waals surface area contributed by atoms with Gasteiger partial charge in [-0.25, -0.2) is 5.43 Å². The van der Waals surface area contributed by atoms with Gasteiger partial charge in [0.2, 0.25) is 0 Å². The summed E-state index contributed by atoms with van der Waals surface area (Å²) in [4.78, 5) is 23.1. The van der Waals surface area contributed by atoms with Gasteiger partial charge in [0.1, 0.15) is 0 Å². The molecule has 0 spiro atoms. The van der Waals surface area contributed by atoms with E-state index in [1.165, 1.54) is 12.1 Å². The first-order valence-corrected chi connectivity index (χ1v) is 9.04. The number of amides is 1. The molecule has 0 saturated heterocycles. The maximum atomic E-state index is 12.5. The number of carbonyl (C=O) groups excluding carboxylic acids is 1. The average molecular weight is 383 g/mol. The third kappa shape index (κ3) is 3.43. The van der Waals surface area contributed by atoms with Gasteiger partial charge in [0.15, 0.2) is 0 Å². The van der Waals surface area contributed by atoms with Crippen molar-refractivity contribution in [3.63, 3.8) is 0 Å². The number of nitro benzene ring substituents is 1. The zero-order valence-electron chi connectivity index (χ0n) is 15.6. The lowest BCUT2D eigenvalue weighted by Crippen LogP contribution is -2.19. The standard InChI is InChI=1S/C23H17N3O3/c1-15-18(11-6-12-22(15)26(28)29)23(27)25-24-14-21-19-9-4-2-7-16(19)13-17-8-3-5-10-20(17)21/h2-14H,1H3,(H,25,27)/b24-14-. The summed E-state index contributed by atoms with van der Waals surface area (Å²) in [6.45, 7) is 1.55. The van der Waals surface area contributed by atoms with Crippen LogP contribution < -0.4 is 5.43 Å². The zero-order chi connectivity index (χ0) is 20.4. The smallest absolute Gasteiger partial charge is 0.267 e. The van der Waals surface area contributed by atoms with E-state index in [9.17, 15) is 14.9 Å². The van der Waals surface area contributed by atoms with Gasteiger partial charge in [-0.05, 0) is 40.6 Å². The van der Waals surface area contributed by atoms with Crippen molar-refractivity contribution in [2.24, 2.45) is 5.10 Å². The average Bonchev–Trinajstić information content (AvgIpc) is 2.73. The molecule has 0 atom stereocenters.